The molecule has 0 bridgehead atoms. The molecule has 2 aromatic rings. The fraction of sp³-hybridized carbons (Fsp3) is 0.400. The Bertz CT molecular complexity index is 634. The smallest absolute Gasteiger partial charge is 0.0899 e. The van der Waals surface area contributed by atoms with Crippen LogP contribution in [0.1, 0.15) is 35.7 Å². The Morgan fingerprint density at radius 3 is 3.24 bits per heavy atom. The van der Waals surface area contributed by atoms with E-state index in [1.807, 2.05) is 0 Å². The molecule has 1 aromatic carbocycles. The summed E-state index contributed by atoms with van der Waals surface area (Å²) in [5, 5.41) is 1.47. The van der Waals surface area contributed by atoms with Crippen LogP contribution in [0.25, 0.3) is 10.9 Å². The van der Waals surface area contributed by atoms with Gasteiger partial charge in [-0.1, -0.05) is 11.6 Å². The molecule has 0 saturated heterocycles. The molecule has 1 aliphatic heterocycles. The van der Waals surface area contributed by atoms with Crippen LogP contribution in [0.3, 0.4) is 0 Å². The summed E-state index contributed by atoms with van der Waals surface area (Å²) in [7, 11) is 0. The van der Waals surface area contributed by atoms with Crippen LogP contribution in [-0.4, -0.2) is 10.8 Å². The van der Waals surface area contributed by atoms with Crippen molar-refractivity contribution in [3.63, 3.8) is 0 Å². The minimum Gasteiger partial charge on any atom is -0.337 e. The SMILES string of the molecule is Cc1ccc2c(c1)c1c3n2CC=NC3CCC1. The van der Waals surface area contributed by atoms with Crippen molar-refractivity contribution in [2.45, 2.75) is 38.8 Å². The maximum Gasteiger partial charge on any atom is 0.0899 e. The topological polar surface area (TPSA) is 17.3 Å². The average molecular weight is 224 g/mol. The number of aliphatic imine (C=N–C) groups is 1. The highest BCUT2D eigenvalue weighted by atomic mass is 15.1. The Labute approximate surface area is 101 Å². The summed E-state index contributed by atoms with van der Waals surface area (Å²) >= 11 is 0. The molecule has 1 atom stereocenters. The quantitative estimate of drug-likeness (QED) is 0.652. The largest absolute Gasteiger partial charge is 0.337 e. The summed E-state index contributed by atoms with van der Waals surface area (Å²) in [5.74, 6) is 0. The molecular formula is C15H16N2. The number of aryl methyl sites for hydroxylation is 2. The van der Waals surface area contributed by atoms with Crippen LogP contribution >= 0.6 is 0 Å². The van der Waals surface area contributed by atoms with Crippen LogP contribution in [0.5, 0.6) is 0 Å². The molecule has 2 aliphatic rings. The first-order chi connectivity index (χ1) is 8.34. The van der Waals surface area contributed by atoms with Crippen molar-refractivity contribution in [1.82, 2.24) is 4.57 Å². The predicted molar refractivity (Wildman–Crippen MR) is 70.8 cm³/mol. The molecular weight excluding hydrogens is 208 g/mol. The third kappa shape index (κ3) is 1.18. The Balaban J connectivity index is 2.13. The van der Waals surface area contributed by atoms with E-state index in [1.54, 1.807) is 5.56 Å². The molecule has 86 valence electrons. The van der Waals surface area contributed by atoms with Crippen molar-refractivity contribution in [2.75, 3.05) is 0 Å². The van der Waals surface area contributed by atoms with E-state index >= 15 is 0 Å². The molecule has 0 amide bonds. The van der Waals surface area contributed by atoms with Gasteiger partial charge in [-0.25, -0.2) is 0 Å². The van der Waals surface area contributed by atoms with Gasteiger partial charge in [0.25, 0.3) is 0 Å². The maximum absolute atomic E-state index is 4.67. The van der Waals surface area contributed by atoms with Gasteiger partial charge in [-0.2, -0.15) is 0 Å². The first kappa shape index (κ1) is 9.46. The minimum atomic E-state index is 0.431. The summed E-state index contributed by atoms with van der Waals surface area (Å²) in [6.07, 6.45) is 5.82. The molecule has 2 heteroatoms. The molecule has 2 nitrogen and oxygen atoms in total. The summed E-state index contributed by atoms with van der Waals surface area (Å²) in [4.78, 5) is 4.67. The van der Waals surface area contributed by atoms with E-state index in [2.05, 4.69) is 40.9 Å². The lowest BCUT2D eigenvalue weighted by atomic mass is 9.91. The second-order valence-electron chi connectivity index (χ2n) is 5.23. The highest BCUT2D eigenvalue weighted by Crippen LogP contribution is 2.40. The van der Waals surface area contributed by atoms with Crippen LogP contribution in [0.2, 0.25) is 0 Å². The van der Waals surface area contributed by atoms with Gasteiger partial charge in [-0.05, 0) is 43.9 Å². The number of benzene rings is 1. The zero-order valence-electron chi connectivity index (χ0n) is 10.1. The maximum atomic E-state index is 4.67. The lowest BCUT2D eigenvalue weighted by Gasteiger charge is -2.25. The highest BCUT2D eigenvalue weighted by Gasteiger charge is 2.28. The van der Waals surface area contributed by atoms with Crippen LogP contribution in [-0.2, 0) is 13.0 Å². The highest BCUT2D eigenvalue weighted by molar-refractivity contribution is 5.88. The van der Waals surface area contributed by atoms with E-state index in [0.717, 1.165) is 6.54 Å². The summed E-state index contributed by atoms with van der Waals surface area (Å²) in [5.41, 5.74) is 5.83. The van der Waals surface area contributed by atoms with Crippen molar-refractivity contribution < 1.29 is 0 Å². The molecule has 0 radical (unpaired) electrons. The van der Waals surface area contributed by atoms with Crippen molar-refractivity contribution in [1.29, 1.82) is 0 Å². The van der Waals surface area contributed by atoms with Crippen molar-refractivity contribution in [2.24, 2.45) is 4.99 Å². The molecule has 1 unspecified atom stereocenters. The van der Waals surface area contributed by atoms with Gasteiger partial charge in [0.1, 0.15) is 0 Å². The monoisotopic (exact) mass is 224 g/mol. The molecule has 0 spiro atoms. The fourth-order valence-corrected chi connectivity index (χ4v) is 3.41. The molecule has 4 rings (SSSR count). The normalized spacial score (nSPS) is 21.8. The molecule has 2 heterocycles. The lowest BCUT2D eigenvalue weighted by Crippen LogP contribution is -2.17. The average Bonchev–Trinajstić information content (AvgIpc) is 2.67. The van der Waals surface area contributed by atoms with Gasteiger partial charge < -0.3 is 4.57 Å². The van der Waals surface area contributed by atoms with E-state index in [0.29, 0.717) is 6.04 Å². The second kappa shape index (κ2) is 3.22. The third-order valence-corrected chi connectivity index (χ3v) is 4.14. The first-order valence-electron chi connectivity index (χ1n) is 6.48. The number of aromatic nitrogens is 1. The van der Waals surface area contributed by atoms with Gasteiger partial charge in [0.05, 0.1) is 12.6 Å². The zero-order valence-corrected chi connectivity index (χ0v) is 10.1. The van der Waals surface area contributed by atoms with Gasteiger partial charge in [0, 0.05) is 22.8 Å². The molecule has 0 fully saturated rings. The van der Waals surface area contributed by atoms with Crippen molar-refractivity contribution in [3.05, 3.63) is 35.0 Å². The van der Waals surface area contributed by atoms with E-state index in [-0.39, 0.29) is 0 Å². The Kier molecular flexibility index (Phi) is 1.79. The summed E-state index contributed by atoms with van der Waals surface area (Å²) in [6, 6.07) is 7.27. The Hall–Kier alpha value is -1.57. The summed E-state index contributed by atoms with van der Waals surface area (Å²) in [6.45, 7) is 3.13. The van der Waals surface area contributed by atoms with Crippen molar-refractivity contribution >= 4 is 17.1 Å². The van der Waals surface area contributed by atoms with Gasteiger partial charge in [-0.15, -0.1) is 0 Å². The van der Waals surface area contributed by atoms with Crippen LogP contribution in [0.4, 0.5) is 0 Å². The Morgan fingerprint density at radius 1 is 1.35 bits per heavy atom. The van der Waals surface area contributed by atoms with E-state index in [4.69, 9.17) is 0 Å². The summed E-state index contributed by atoms with van der Waals surface area (Å²) < 4.78 is 2.47. The standard InChI is InChI=1S/C15H16N2/c1-10-5-6-14-12(9-10)11-3-2-4-13-15(11)17(14)8-7-16-13/h5-7,9,13H,2-4,8H2,1H3. The number of hydrogen-bond acceptors (Lipinski definition) is 1. The number of rotatable bonds is 0. The lowest BCUT2D eigenvalue weighted by molar-refractivity contribution is 0.528. The fourth-order valence-electron chi connectivity index (χ4n) is 3.41. The Morgan fingerprint density at radius 2 is 2.29 bits per heavy atom. The number of nitrogens with zero attached hydrogens (tertiary/aromatic N) is 2. The molecule has 0 saturated carbocycles. The minimum absolute atomic E-state index is 0.431. The van der Waals surface area contributed by atoms with Gasteiger partial charge in [0.15, 0.2) is 0 Å². The van der Waals surface area contributed by atoms with Gasteiger partial charge >= 0.3 is 0 Å². The van der Waals surface area contributed by atoms with Crippen LogP contribution < -0.4 is 0 Å². The van der Waals surface area contributed by atoms with E-state index < -0.39 is 0 Å². The zero-order chi connectivity index (χ0) is 11.4. The number of fused-ring (bicyclic) bond motifs is 3. The molecule has 1 aliphatic carbocycles. The molecule has 0 N–H and O–H groups in total. The predicted octanol–water partition coefficient (Wildman–Crippen LogP) is 3.41. The first-order valence-corrected chi connectivity index (χ1v) is 6.48. The van der Waals surface area contributed by atoms with Gasteiger partial charge in [-0.3, -0.25) is 4.99 Å². The molecule has 1 aromatic heterocycles. The van der Waals surface area contributed by atoms with Gasteiger partial charge in [0.2, 0.25) is 0 Å². The molecule has 17 heavy (non-hydrogen) atoms. The van der Waals surface area contributed by atoms with E-state index in [9.17, 15) is 0 Å². The van der Waals surface area contributed by atoms with E-state index in [1.165, 1.54) is 41.4 Å². The number of hydrogen-bond donors (Lipinski definition) is 0. The second-order valence-corrected chi connectivity index (χ2v) is 5.23. The van der Waals surface area contributed by atoms with Crippen LogP contribution in [0.15, 0.2) is 23.2 Å². The van der Waals surface area contributed by atoms with Crippen molar-refractivity contribution in [3.8, 4) is 0 Å². The van der Waals surface area contributed by atoms with Crippen LogP contribution in [0, 0.1) is 6.92 Å². The third-order valence-electron chi connectivity index (χ3n) is 4.14.